The lowest BCUT2D eigenvalue weighted by atomic mass is 10.00. The van der Waals surface area contributed by atoms with E-state index in [9.17, 15) is 38.8 Å². The molecule has 0 spiro atoms. The smallest absolute Gasteiger partial charge is 0.269 e. The summed E-state index contributed by atoms with van der Waals surface area (Å²) in [7, 11) is 0. The number of piperidine rings is 2. The molecular formula is C60H66N16O7. The van der Waals surface area contributed by atoms with Gasteiger partial charge in [-0.05, 0) is 143 Å². The number of nitrogens with zero attached hydrogens (tertiary/aromatic N) is 10. The predicted octanol–water partition coefficient (Wildman–Crippen LogP) is 6.62. The van der Waals surface area contributed by atoms with E-state index >= 15 is 0 Å². The molecule has 2 aliphatic carbocycles. The number of benzene rings is 2. The normalized spacial score (nSPS) is 16.6. The molecule has 6 amide bonds. The fourth-order valence-electron chi connectivity index (χ4n) is 9.86. The summed E-state index contributed by atoms with van der Waals surface area (Å²) < 4.78 is 2.28. The molecule has 0 unspecified atom stereocenters. The number of carbonyl (C=O) groups excluding carboxylic acids is 7. The first-order valence-corrected chi connectivity index (χ1v) is 27.7. The second-order valence-electron chi connectivity index (χ2n) is 20.6. The summed E-state index contributed by atoms with van der Waals surface area (Å²) >= 11 is 0. The van der Waals surface area contributed by atoms with Crippen molar-refractivity contribution in [1.29, 1.82) is 10.5 Å². The number of likely N-dealkylation sites (tertiary alicyclic amines) is 2. The molecular weight excluding hydrogens is 1060 g/mol. The number of imidazole rings is 2. The first-order valence-electron chi connectivity index (χ1n) is 27.7. The second-order valence-corrected chi connectivity index (χ2v) is 20.6. The topological polar surface area (TPSA) is 363 Å². The Labute approximate surface area is 479 Å². The molecule has 83 heavy (non-hydrogen) atoms. The van der Waals surface area contributed by atoms with Gasteiger partial charge in [-0.2, -0.15) is 10.5 Å². The maximum Gasteiger partial charge on any atom is 0.269 e. The summed E-state index contributed by atoms with van der Waals surface area (Å²) in [4.78, 5) is 107. The van der Waals surface area contributed by atoms with Crippen molar-refractivity contribution in [3.8, 4) is 34.7 Å². The number of amides is 6. The number of primary amides is 2. The maximum absolute atomic E-state index is 13.4. The molecule has 23 nitrogen and oxygen atoms in total. The minimum atomic E-state index is -0.773. The molecule has 428 valence electrons. The highest BCUT2D eigenvalue weighted by molar-refractivity contribution is 6.05. The van der Waals surface area contributed by atoms with Gasteiger partial charge in [0, 0.05) is 53.7 Å². The van der Waals surface area contributed by atoms with Crippen LogP contribution < -0.4 is 33.8 Å². The van der Waals surface area contributed by atoms with Crippen LogP contribution in [0, 0.1) is 34.5 Å². The van der Waals surface area contributed by atoms with Crippen molar-refractivity contribution >= 4 is 53.4 Å². The van der Waals surface area contributed by atoms with Gasteiger partial charge in [-0.25, -0.2) is 29.3 Å². The molecule has 2 aliphatic heterocycles. The largest absolute Gasteiger partial charge is 0.364 e. The van der Waals surface area contributed by atoms with Gasteiger partial charge in [-0.3, -0.25) is 28.8 Å². The van der Waals surface area contributed by atoms with Crippen molar-refractivity contribution in [1.82, 2.24) is 39.1 Å². The fourth-order valence-corrected chi connectivity index (χ4v) is 9.86. The highest BCUT2D eigenvalue weighted by Gasteiger charge is 2.37. The summed E-state index contributed by atoms with van der Waals surface area (Å²) in [6.45, 7) is 4.96. The number of aromatic nitrogens is 6. The predicted molar refractivity (Wildman–Crippen MR) is 308 cm³/mol. The van der Waals surface area contributed by atoms with Crippen molar-refractivity contribution in [2.75, 3.05) is 35.4 Å². The van der Waals surface area contributed by atoms with Crippen LogP contribution in [0.3, 0.4) is 0 Å². The number of aryl methyl sites for hydroxylation is 2. The molecule has 4 fully saturated rings. The van der Waals surface area contributed by atoms with E-state index in [1.807, 2.05) is 44.2 Å². The molecule has 2 aromatic carbocycles. The molecule has 2 saturated heterocycles. The number of hydrogen-bond acceptors (Lipinski definition) is 15. The number of hydrogen-bond donors (Lipinski definition) is 6. The third-order valence-electron chi connectivity index (χ3n) is 14.7. The summed E-state index contributed by atoms with van der Waals surface area (Å²) in [5.74, 6) is 12.1. The molecule has 2 atom stereocenters. The van der Waals surface area contributed by atoms with E-state index in [4.69, 9.17) is 33.4 Å². The van der Waals surface area contributed by atoms with Crippen LogP contribution in [-0.4, -0.2) is 93.9 Å². The third-order valence-corrected chi connectivity index (χ3v) is 14.7. The Morgan fingerprint density at radius 2 is 1.07 bits per heavy atom. The lowest BCUT2D eigenvalue weighted by Crippen LogP contribution is -2.41. The van der Waals surface area contributed by atoms with Crippen LogP contribution in [0.15, 0.2) is 96.8 Å². The zero-order valence-electron chi connectivity index (χ0n) is 46.3. The van der Waals surface area contributed by atoms with E-state index in [-0.39, 0.29) is 64.3 Å². The number of nitrogens with two attached hydrogens (primary N) is 4. The molecule has 10 N–H and O–H groups in total. The van der Waals surface area contributed by atoms with Gasteiger partial charge in [0.2, 0.25) is 5.91 Å². The standard InChI is InChI=1S/C30H32N8O3.C26H28N8O3.C4H6O/c1-2-18-12-13-34-24(16-18)35-29(40)21-10-8-20(9-11-21)25-26(27(32)39)38(33)28(36-25)23-5-3-4-14-37(23)30(41)22(17-31)15-19-6-7-19;1-2-16-11-13-30-20(15-16)31-26(37)18-8-6-17(7-9-18)22-23(24(28)36)34(29)25(32-22)19-5-3-4-14-33(19)21(35)10-12-27;5-3-4-1-2-4/h8-13,15-16,19,23H,2-7,14,33H2,1H3,(H2,32,39)(H,34,35,40);6-9,11,13,15,19H,2-5,10,14,29H2,1H3,(H2,28,36)(H,30,31,37);3-4H,1-2H2/b22-15+;;/t23-;19-;/m00./s1. The van der Waals surface area contributed by atoms with E-state index in [2.05, 4.69) is 31.7 Å². The van der Waals surface area contributed by atoms with Gasteiger partial charge < -0.3 is 48.4 Å². The lowest BCUT2D eigenvalue weighted by Gasteiger charge is -2.35. The van der Waals surface area contributed by atoms with Gasteiger partial charge in [-0.15, -0.1) is 0 Å². The van der Waals surface area contributed by atoms with Gasteiger partial charge in [-0.1, -0.05) is 44.2 Å². The molecule has 2 saturated carbocycles. The van der Waals surface area contributed by atoms with Crippen molar-refractivity contribution in [3.05, 3.63) is 142 Å². The van der Waals surface area contributed by atoms with Gasteiger partial charge in [0.25, 0.3) is 29.5 Å². The molecule has 4 aromatic heterocycles. The van der Waals surface area contributed by atoms with Crippen LogP contribution in [0.25, 0.3) is 22.5 Å². The highest BCUT2D eigenvalue weighted by atomic mass is 16.2. The Morgan fingerprint density at radius 1 is 0.627 bits per heavy atom. The first-order chi connectivity index (χ1) is 40.1. The highest BCUT2D eigenvalue weighted by Crippen LogP contribution is 2.37. The SMILES string of the molecule is CCc1ccnc(NC(=O)c2ccc(-c3nc([C@@H]4CCCCN4C(=O)/C(C#N)=C/C4CC4)n(N)c3C(N)=O)cc2)c1.CCc1ccnc(NC(=O)c2ccc(-c3nc([C@@H]4CCCCN4C(=O)CC#N)n(N)c3C(N)=O)cc2)c1.O=CC1CC1. The van der Waals surface area contributed by atoms with Crippen LogP contribution in [0.1, 0.15) is 161 Å². The molecule has 23 heteroatoms. The molecule has 10 rings (SSSR count). The van der Waals surface area contributed by atoms with Gasteiger partial charge >= 0.3 is 0 Å². The fraction of sp³-hybridized carbons (Fsp3) is 0.350. The molecule has 0 radical (unpaired) electrons. The third kappa shape index (κ3) is 14.3. The van der Waals surface area contributed by atoms with Crippen molar-refractivity contribution in [2.24, 2.45) is 23.3 Å². The number of nitrogens with one attached hydrogen (secondary N) is 2. The van der Waals surface area contributed by atoms with Crippen LogP contribution in [0.4, 0.5) is 11.6 Å². The summed E-state index contributed by atoms with van der Waals surface area (Å²) in [5, 5.41) is 24.2. The van der Waals surface area contributed by atoms with E-state index in [1.54, 1.807) is 76.8 Å². The van der Waals surface area contributed by atoms with Crippen molar-refractivity contribution in [2.45, 2.75) is 109 Å². The molecule has 4 aliphatic rings. The molecule has 6 aromatic rings. The number of aldehydes is 1. The summed E-state index contributed by atoms with van der Waals surface area (Å²) in [6, 6.07) is 23.4. The molecule has 6 heterocycles. The zero-order valence-corrected chi connectivity index (χ0v) is 46.3. The summed E-state index contributed by atoms with van der Waals surface area (Å²) in [6.07, 6.45) is 16.1. The monoisotopic (exact) mass is 1120 g/mol. The number of carbonyl (C=O) groups is 7. The Hall–Kier alpha value is -10.0. The minimum Gasteiger partial charge on any atom is -0.364 e. The van der Waals surface area contributed by atoms with E-state index < -0.39 is 23.9 Å². The Bertz CT molecular complexity index is 3530. The van der Waals surface area contributed by atoms with Crippen LogP contribution in [0.2, 0.25) is 0 Å². The number of nitriles is 2. The average molecular weight is 1120 g/mol. The van der Waals surface area contributed by atoms with Gasteiger partial charge in [0.15, 0.2) is 23.0 Å². The van der Waals surface area contributed by atoms with Crippen molar-refractivity contribution in [3.63, 3.8) is 0 Å². The first kappa shape index (κ1) is 59.1. The Kier molecular flexibility index (Phi) is 19.2. The Balaban J connectivity index is 0.000000201. The minimum absolute atomic E-state index is 0.00830. The molecule has 0 bridgehead atoms. The second kappa shape index (κ2) is 27.0. The maximum atomic E-state index is 13.4. The number of anilines is 2. The van der Waals surface area contributed by atoms with E-state index in [1.165, 1.54) is 0 Å². The number of pyridine rings is 2. The van der Waals surface area contributed by atoms with Gasteiger partial charge in [0.1, 0.15) is 47.4 Å². The Morgan fingerprint density at radius 3 is 1.46 bits per heavy atom. The number of allylic oxidation sites excluding steroid dienone is 1. The zero-order chi connectivity index (χ0) is 59.3. The average Bonchev–Trinajstić information content (AvgIpc) is 3.77. The van der Waals surface area contributed by atoms with Crippen LogP contribution in [-0.2, 0) is 27.2 Å². The van der Waals surface area contributed by atoms with Gasteiger partial charge in [0.05, 0.1) is 18.2 Å². The van der Waals surface area contributed by atoms with E-state index in [0.29, 0.717) is 77.4 Å². The quantitative estimate of drug-likeness (QED) is 0.0257. The van der Waals surface area contributed by atoms with E-state index in [0.717, 1.165) is 91.0 Å². The van der Waals surface area contributed by atoms with Crippen LogP contribution >= 0.6 is 0 Å². The summed E-state index contributed by atoms with van der Waals surface area (Å²) in [5.41, 5.74) is 15.9. The number of nitrogen functional groups attached to an aromatic ring is 2. The van der Waals surface area contributed by atoms with Crippen LogP contribution in [0.5, 0.6) is 0 Å². The number of rotatable bonds is 16. The lowest BCUT2D eigenvalue weighted by molar-refractivity contribution is -0.134. The van der Waals surface area contributed by atoms with Crippen molar-refractivity contribution < 1.29 is 33.6 Å².